The Morgan fingerprint density at radius 1 is 1.17 bits per heavy atom. The van der Waals surface area contributed by atoms with Gasteiger partial charge in [0.2, 0.25) is 0 Å². The predicted octanol–water partition coefficient (Wildman–Crippen LogP) is 0.737. The predicted molar refractivity (Wildman–Crippen MR) is 86.5 cm³/mol. The third kappa shape index (κ3) is 2.76. The van der Waals surface area contributed by atoms with Crippen LogP contribution < -0.4 is 11.2 Å². The fraction of sp³-hybridized carbons (Fsp3) is 0.214. The largest absolute Gasteiger partial charge is 0.327 e. The first kappa shape index (κ1) is 16.1. The standard InChI is InChI=1S/C14H14N4O5S/c1-2-7-18-10-11(16-14(20)17-13(10)19)15-12(18)8-3-5-9(6-4-8)24(21,22)23/h3-6H,2,7H2,1H3,(H,21,22,23)(H2,16,17,19,20). The molecule has 0 aliphatic carbocycles. The maximum Gasteiger partial charge on any atom is 0.327 e. The number of hydrogen-bond donors (Lipinski definition) is 3. The summed E-state index contributed by atoms with van der Waals surface area (Å²) in [5, 5.41) is 0. The molecule has 3 N–H and O–H groups in total. The van der Waals surface area contributed by atoms with Crippen LogP contribution in [0.5, 0.6) is 0 Å². The fourth-order valence-electron chi connectivity index (χ4n) is 2.51. The van der Waals surface area contributed by atoms with E-state index in [1.807, 2.05) is 6.92 Å². The summed E-state index contributed by atoms with van der Waals surface area (Å²) < 4.78 is 32.9. The Kier molecular flexibility index (Phi) is 3.85. The molecule has 0 fully saturated rings. The summed E-state index contributed by atoms with van der Waals surface area (Å²) in [4.78, 5) is 32.2. The number of imidazole rings is 1. The van der Waals surface area contributed by atoms with Crippen molar-refractivity contribution in [2.45, 2.75) is 24.8 Å². The number of benzene rings is 1. The van der Waals surface area contributed by atoms with Crippen molar-refractivity contribution < 1.29 is 13.0 Å². The van der Waals surface area contributed by atoms with Gasteiger partial charge in [0.15, 0.2) is 11.2 Å². The van der Waals surface area contributed by atoms with E-state index in [1.165, 1.54) is 24.3 Å². The quantitative estimate of drug-likeness (QED) is 0.593. The average molecular weight is 350 g/mol. The first-order valence-corrected chi connectivity index (χ1v) is 8.56. The number of aromatic amines is 2. The minimum atomic E-state index is -4.29. The Balaban J connectivity index is 2.26. The lowest BCUT2D eigenvalue weighted by atomic mass is 10.2. The maximum atomic E-state index is 12.1. The van der Waals surface area contributed by atoms with Gasteiger partial charge in [0.25, 0.3) is 15.7 Å². The molecule has 3 aromatic rings. The molecular weight excluding hydrogens is 336 g/mol. The third-order valence-corrected chi connectivity index (χ3v) is 4.37. The van der Waals surface area contributed by atoms with Gasteiger partial charge in [-0.1, -0.05) is 6.92 Å². The number of aromatic nitrogens is 4. The van der Waals surface area contributed by atoms with Gasteiger partial charge in [0, 0.05) is 12.1 Å². The summed E-state index contributed by atoms with van der Waals surface area (Å²) in [5.41, 5.74) is -0.249. The molecule has 10 heteroatoms. The van der Waals surface area contributed by atoms with E-state index in [1.54, 1.807) is 4.57 Å². The van der Waals surface area contributed by atoms with Crippen LogP contribution in [-0.2, 0) is 16.7 Å². The zero-order valence-electron chi connectivity index (χ0n) is 12.6. The van der Waals surface area contributed by atoms with Crippen LogP contribution in [-0.4, -0.2) is 32.5 Å². The van der Waals surface area contributed by atoms with Crippen molar-refractivity contribution in [1.82, 2.24) is 19.5 Å². The summed E-state index contributed by atoms with van der Waals surface area (Å²) in [5.74, 6) is 0.418. The monoisotopic (exact) mass is 350 g/mol. The molecule has 0 saturated heterocycles. The summed E-state index contributed by atoms with van der Waals surface area (Å²) in [6.45, 7) is 2.41. The van der Waals surface area contributed by atoms with Gasteiger partial charge in [-0.2, -0.15) is 8.42 Å². The minimum Gasteiger partial charge on any atom is -0.318 e. The molecule has 0 unspecified atom stereocenters. The van der Waals surface area contributed by atoms with E-state index < -0.39 is 21.4 Å². The molecule has 3 rings (SSSR count). The molecule has 0 radical (unpaired) electrons. The van der Waals surface area contributed by atoms with Crippen molar-refractivity contribution in [1.29, 1.82) is 0 Å². The van der Waals surface area contributed by atoms with Crippen LogP contribution in [0.3, 0.4) is 0 Å². The number of fused-ring (bicyclic) bond motifs is 1. The molecule has 0 saturated carbocycles. The smallest absolute Gasteiger partial charge is 0.318 e. The highest BCUT2D eigenvalue weighted by molar-refractivity contribution is 7.85. The zero-order chi connectivity index (χ0) is 17.5. The fourth-order valence-corrected chi connectivity index (χ4v) is 2.99. The Morgan fingerprint density at radius 3 is 2.42 bits per heavy atom. The van der Waals surface area contributed by atoms with E-state index in [0.29, 0.717) is 17.9 Å². The van der Waals surface area contributed by atoms with Gasteiger partial charge < -0.3 is 4.57 Å². The Hall–Kier alpha value is -2.72. The normalized spacial score (nSPS) is 11.9. The second-order valence-electron chi connectivity index (χ2n) is 5.19. The van der Waals surface area contributed by atoms with E-state index in [2.05, 4.69) is 15.0 Å². The Bertz CT molecular complexity index is 1120. The first-order valence-electron chi connectivity index (χ1n) is 7.12. The van der Waals surface area contributed by atoms with Crippen molar-refractivity contribution in [3.05, 3.63) is 45.1 Å². The van der Waals surface area contributed by atoms with Gasteiger partial charge in [0.1, 0.15) is 5.82 Å². The molecule has 0 atom stereocenters. The molecule has 1 aromatic carbocycles. The molecular formula is C14H14N4O5S. The van der Waals surface area contributed by atoms with E-state index >= 15 is 0 Å². The molecule has 126 valence electrons. The average Bonchev–Trinajstić information content (AvgIpc) is 2.85. The van der Waals surface area contributed by atoms with Gasteiger partial charge in [-0.3, -0.25) is 19.3 Å². The summed E-state index contributed by atoms with van der Waals surface area (Å²) in [6.07, 6.45) is 0.722. The molecule has 0 aliphatic rings. The number of nitrogens with zero attached hydrogens (tertiary/aromatic N) is 2. The lowest BCUT2D eigenvalue weighted by Crippen LogP contribution is -2.23. The van der Waals surface area contributed by atoms with Crippen LogP contribution in [0.25, 0.3) is 22.6 Å². The second-order valence-corrected chi connectivity index (χ2v) is 6.61. The number of hydrogen-bond acceptors (Lipinski definition) is 5. The van der Waals surface area contributed by atoms with Crippen LogP contribution in [0, 0.1) is 0 Å². The van der Waals surface area contributed by atoms with Gasteiger partial charge >= 0.3 is 5.69 Å². The highest BCUT2D eigenvalue weighted by atomic mass is 32.2. The second kappa shape index (κ2) is 5.73. The minimum absolute atomic E-state index is 0.158. The van der Waals surface area contributed by atoms with Gasteiger partial charge in [-0.25, -0.2) is 9.78 Å². The van der Waals surface area contributed by atoms with Crippen molar-refractivity contribution in [2.24, 2.45) is 0 Å². The van der Waals surface area contributed by atoms with Gasteiger partial charge in [-0.15, -0.1) is 0 Å². The van der Waals surface area contributed by atoms with Crippen LogP contribution in [0.2, 0.25) is 0 Å². The van der Waals surface area contributed by atoms with E-state index in [0.717, 1.165) is 6.42 Å². The Labute approximate surface area is 135 Å². The maximum absolute atomic E-state index is 12.1. The van der Waals surface area contributed by atoms with Crippen molar-refractivity contribution in [3.8, 4) is 11.4 Å². The lowest BCUT2D eigenvalue weighted by Gasteiger charge is -2.07. The third-order valence-electron chi connectivity index (χ3n) is 3.50. The number of H-pyrrole nitrogens is 2. The van der Waals surface area contributed by atoms with Gasteiger partial charge in [-0.05, 0) is 30.7 Å². The number of rotatable bonds is 4. The molecule has 0 aliphatic heterocycles. The highest BCUT2D eigenvalue weighted by Crippen LogP contribution is 2.23. The van der Waals surface area contributed by atoms with Gasteiger partial charge in [0.05, 0.1) is 4.90 Å². The molecule has 9 nitrogen and oxygen atoms in total. The van der Waals surface area contributed by atoms with Crippen molar-refractivity contribution >= 4 is 21.3 Å². The first-order chi connectivity index (χ1) is 11.3. The van der Waals surface area contributed by atoms with E-state index in [-0.39, 0.29) is 16.1 Å². The Morgan fingerprint density at radius 2 is 1.83 bits per heavy atom. The zero-order valence-corrected chi connectivity index (χ0v) is 13.4. The number of aryl methyl sites for hydroxylation is 1. The van der Waals surface area contributed by atoms with Crippen molar-refractivity contribution in [2.75, 3.05) is 0 Å². The van der Waals surface area contributed by atoms with Crippen LogP contribution in [0.15, 0.2) is 38.8 Å². The summed E-state index contributed by atoms with van der Waals surface area (Å²) in [7, 11) is -4.29. The molecule has 0 amide bonds. The summed E-state index contributed by atoms with van der Waals surface area (Å²) >= 11 is 0. The van der Waals surface area contributed by atoms with E-state index in [9.17, 15) is 18.0 Å². The number of nitrogens with one attached hydrogen (secondary N) is 2. The SMILES string of the molecule is CCCn1c(-c2ccc(S(=O)(=O)O)cc2)nc2[nH]c(=O)[nH]c(=O)c21. The van der Waals surface area contributed by atoms with Crippen LogP contribution in [0.4, 0.5) is 0 Å². The van der Waals surface area contributed by atoms with E-state index in [4.69, 9.17) is 4.55 Å². The molecule has 2 heterocycles. The summed E-state index contributed by atoms with van der Waals surface area (Å²) in [6, 6.07) is 5.44. The molecule has 0 bridgehead atoms. The highest BCUT2D eigenvalue weighted by Gasteiger charge is 2.17. The molecule has 0 spiro atoms. The molecule has 2 aromatic heterocycles. The van der Waals surface area contributed by atoms with Crippen molar-refractivity contribution in [3.63, 3.8) is 0 Å². The van der Waals surface area contributed by atoms with Crippen LogP contribution >= 0.6 is 0 Å². The molecule has 24 heavy (non-hydrogen) atoms. The topological polar surface area (TPSA) is 138 Å². The lowest BCUT2D eigenvalue weighted by molar-refractivity contribution is 0.483. The van der Waals surface area contributed by atoms with Crippen LogP contribution in [0.1, 0.15) is 13.3 Å².